The van der Waals surface area contributed by atoms with Crippen LogP contribution in [0.1, 0.15) is 23.6 Å². The van der Waals surface area contributed by atoms with E-state index in [-0.39, 0.29) is 23.5 Å². The van der Waals surface area contributed by atoms with Crippen LogP contribution in [0, 0.1) is 6.92 Å². The van der Waals surface area contributed by atoms with E-state index in [0.29, 0.717) is 5.69 Å². The highest BCUT2D eigenvalue weighted by Gasteiger charge is 2.36. The highest BCUT2D eigenvalue weighted by Crippen LogP contribution is 2.37. The average molecular weight is 467 g/mol. The van der Waals surface area contributed by atoms with Gasteiger partial charge in [0.15, 0.2) is 0 Å². The van der Waals surface area contributed by atoms with Crippen molar-refractivity contribution < 1.29 is 31.1 Å². The summed E-state index contributed by atoms with van der Waals surface area (Å²) in [6.07, 6.45) is -3.59. The number of ether oxygens (including phenoxy) is 1. The summed E-state index contributed by atoms with van der Waals surface area (Å²) >= 11 is 0. The second kappa shape index (κ2) is 8.65. The predicted molar refractivity (Wildman–Crippen MR) is 114 cm³/mol. The number of rotatable bonds is 5. The molecular weight excluding hydrogens is 447 g/mol. The minimum atomic E-state index is -4.74. The molecule has 0 aromatic heterocycles. The van der Waals surface area contributed by atoms with E-state index in [0.717, 1.165) is 35.2 Å². The first-order chi connectivity index (χ1) is 15.0. The molecule has 0 fully saturated rings. The molecule has 170 valence electrons. The molecule has 11 heteroatoms. The van der Waals surface area contributed by atoms with Crippen molar-refractivity contribution in [3.8, 4) is 5.75 Å². The number of nitrogens with one attached hydrogen (secondary N) is 1. The number of hydrogen-bond donors (Lipinski definition) is 1. The molecule has 7 nitrogen and oxygen atoms in total. The van der Waals surface area contributed by atoms with Gasteiger partial charge in [-0.3, -0.25) is 4.79 Å². The molecule has 0 unspecified atom stereocenters. The Bertz CT molecular complexity index is 1200. The number of alkyl halides is 3. The summed E-state index contributed by atoms with van der Waals surface area (Å²) in [6, 6.07) is 9.88. The normalized spacial score (nSPS) is 15.6. The number of likely N-dealkylation sites (N-methyl/N-ethyl adjacent to an activating group) is 1. The van der Waals surface area contributed by atoms with Gasteiger partial charge in [0.05, 0.1) is 18.4 Å². The fourth-order valence-corrected chi connectivity index (χ4v) is 4.31. The first-order valence-electron chi connectivity index (χ1n) is 9.44. The smallest absolute Gasteiger partial charge is 0.419 e. The third-order valence-electron chi connectivity index (χ3n) is 4.66. The number of methoxy groups -OCH3 is 1. The van der Waals surface area contributed by atoms with E-state index >= 15 is 0 Å². The number of carbonyl (C=O) groups is 1. The van der Waals surface area contributed by atoms with Crippen molar-refractivity contribution in [2.45, 2.75) is 20.0 Å². The molecule has 0 bridgehead atoms. The molecule has 1 amide bonds. The van der Waals surface area contributed by atoms with Gasteiger partial charge in [0, 0.05) is 17.8 Å². The Morgan fingerprint density at radius 2 is 1.81 bits per heavy atom. The summed E-state index contributed by atoms with van der Waals surface area (Å²) in [5.41, 5.74) is -0.373. The summed E-state index contributed by atoms with van der Waals surface area (Å²) in [5.74, 6) is -1.16. The lowest BCUT2D eigenvalue weighted by atomic mass is 10.0. The van der Waals surface area contributed by atoms with Gasteiger partial charge in [0.1, 0.15) is 11.4 Å². The Balaban J connectivity index is 2.07. The van der Waals surface area contributed by atoms with E-state index in [2.05, 4.69) is 9.71 Å². The summed E-state index contributed by atoms with van der Waals surface area (Å²) < 4.78 is 74.7. The average Bonchev–Trinajstić information content (AvgIpc) is 2.73. The molecule has 1 heterocycles. The second-order valence-electron chi connectivity index (χ2n) is 6.88. The van der Waals surface area contributed by atoms with E-state index in [1.165, 1.54) is 13.0 Å². The summed E-state index contributed by atoms with van der Waals surface area (Å²) in [7, 11) is -3.25. The number of nitrogens with zero attached hydrogens (tertiary/aromatic N) is 2. The van der Waals surface area contributed by atoms with Gasteiger partial charge in [0.25, 0.3) is 5.91 Å². The predicted octanol–water partition coefficient (Wildman–Crippen LogP) is 3.91. The van der Waals surface area contributed by atoms with E-state index in [9.17, 15) is 26.4 Å². The van der Waals surface area contributed by atoms with Crippen molar-refractivity contribution in [1.82, 2.24) is 4.31 Å². The number of carbonyl (C=O) groups excluding carboxylic acids is 1. The molecule has 3 rings (SSSR count). The van der Waals surface area contributed by atoms with Crippen LogP contribution in [-0.4, -0.2) is 38.0 Å². The monoisotopic (exact) mass is 467 g/mol. The fourth-order valence-electron chi connectivity index (χ4n) is 3.09. The Labute approximate surface area is 183 Å². The van der Waals surface area contributed by atoms with E-state index in [1.54, 1.807) is 24.3 Å². The number of benzene rings is 2. The third-order valence-corrected chi connectivity index (χ3v) is 6.10. The molecule has 0 aliphatic carbocycles. The molecule has 1 aliphatic rings. The van der Waals surface area contributed by atoms with Crippen LogP contribution in [0.2, 0.25) is 0 Å². The summed E-state index contributed by atoms with van der Waals surface area (Å²) in [4.78, 5) is 12.9. The number of hydrogen-bond acceptors (Lipinski definition) is 4. The Hall–Kier alpha value is -3.34. The zero-order valence-electron chi connectivity index (χ0n) is 17.4. The lowest BCUT2D eigenvalue weighted by Gasteiger charge is -2.26. The molecule has 0 atom stereocenters. The largest absolute Gasteiger partial charge is 0.496 e. The summed E-state index contributed by atoms with van der Waals surface area (Å²) in [5, 5.41) is 2.60. The van der Waals surface area contributed by atoms with E-state index < -0.39 is 33.6 Å². The highest BCUT2D eigenvalue weighted by molar-refractivity contribution is 7.88. The van der Waals surface area contributed by atoms with Crippen molar-refractivity contribution >= 4 is 27.5 Å². The second-order valence-corrected chi connectivity index (χ2v) is 8.40. The maximum absolute atomic E-state index is 13.4. The van der Waals surface area contributed by atoms with Crippen LogP contribution in [0.15, 0.2) is 58.6 Å². The van der Waals surface area contributed by atoms with Gasteiger partial charge in [-0.15, -0.1) is 4.40 Å². The van der Waals surface area contributed by atoms with Crippen LogP contribution in [0.5, 0.6) is 5.75 Å². The molecular formula is C21H20F3N3O4S. The van der Waals surface area contributed by atoms with Crippen LogP contribution in [0.25, 0.3) is 0 Å². The molecule has 2 aromatic carbocycles. The fraction of sp³-hybridized carbons (Fsp3) is 0.238. The first-order valence-corrected chi connectivity index (χ1v) is 10.8. The number of allylic oxidation sites excluding steroid dienone is 1. The minimum absolute atomic E-state index is 0.0946. The lowest BCUT2D eigenvalue weighted by Crippen LogP contribution is -2.38. The maximum Gasteiger partial charge on any atom is 0.419 e. The van der Waals surface area contributed by atoms with Gasteiger partial charge in [-0.1, -0.05) is 17.7 Å². The van der Waals surface area contributed by atoms with Crippen molar-refractivity contribution in [3.63, 3.8) is 0 Å². The van der Waals surface area contributed by atoms with Gasteiger partial charge in [-0.05, 0) is 50.3 Å². The van der Waals surface area contributed by atoms with Crippen molar-refractivity contribution in [1.29, 1.82) is 0 Å². The molecule has 0 saturated carbocycles. The van der Waals surface area contributed by atoms with Gasteiger partial charge < -0.3 is 10.1 Å². The Morgan fingerprint density at radius 3 is 2.38 bits per heavy atom. The Kier molecular flexibility index (Phi) is 6.31. The van der Waals surface area contributed by atoms with Crippen LogP contribution in [0.4, 0.5) is 18.9 Å². The minimum Gasteiger partial charge on any atom is -0.496 e. The maximum atomic E-state index is 13.4. The number of anilines is 1. The van der Waals surface area contributed by atoms with Crippen molar-refractivity contribution in [3.05, 3.63) is 70.9 Å². The SMILES string of the molecule is CCN1C(C(=O)Nc2ccc(C)cc2)=CC(c2ccc(OC)c(C(F)(F)F)c2)=NS1(=O)=O. The van der Waals surface area contributed by atoms with Gasteiger partial charge in [-0.2, -0.15) is 21.6 Å². The number of aryl methyl sites for hydroxylation is 1. The van der Waals surface area contributed by atoms with Crippen molar-refractivity contribution in [2.24, 2.45) is 4.40 Å². The quantitative estimate of drug-likeness (QED) is 0.722. The first kappa shape index (κ1) is 23.3. The van der Waals surface area contributed by atoms with E-state index in [1.807, 2.05) is 6.92 Å². The Morgan fingerprint density at radius 1 is 1.16 bits per heavy atom. The molecule has 1 aliphatic heterocycles. The molecule has 0 radical (unpaired) electrons. The lowest BCUT2D eigenvalue weighted by molar-refractivity contribution is -0.138. The van der Waals surface area contributed by atoms with Gasteiger partial charge in [0.2, 0.25) is 0 Å². The van der Waals surface area contributed by atoms with Gasteiger partial charge in [-0.25, -0.2) is 4.31 Å². The molecule has 0 saturated heterocycles. The van der Waals surface area contributed by atoms with Crippen LogP contribution < -0.4 is 10.1 Å². The highest BCUT2D eigenvalue weighted by atomic mass is 32.2. The molecule has 32 heavy (non-hydrogen) atoms. The zero-order chi connectivity index (χ0) is 23.7. The standard InChI is InChI=1S/C21H20F3N3O4S/c1-4-27-18(20(28)25-15-8-5-13(2)6-9-15)12-17(26-32(27,29)30)14-7-10-19(31-3)16(11-14)21(22,23)24/h5-12H,4H2,1-3H3,(H,25,28). The number of halogens is 3. The van der Waals surface area contributed by atoms with Crippen LogP contribution in [0.3, 0.4) is 0 Å². The third kappa shape index (κ3) is 4.77. The molecule has 0 spiro atoms. The van der Waals surface area contributed by atoms with Crippen LogP contribution >= 0.6 is 0 Å². The topological polar surface area (TPSA) is 88.1 Å². The van der Waals surface area contributed by atoms with E-state index in [4.69, 9.17) is 4.74 Å². The number of amides is 1. The van der Waals surface area contributed by atoms with Gasteiger partial charge >= 0.3 is 16.4 Å². The molecule has 2 aromatic rings. The zero-order valence-corrected chi connectivity index (χ0v) is 18.2. The molecule has 1 N–H and O–H groups in total. The summed E-state index contributed by atoms with van der Waals surface area (Å²) in [6.45, 7) is 3.29. The van der Waals surface area contributed by atoms with Crippen molar-refractivity contribution in [2.75, 3.05) is 19.0 Å². The van der Waals surface area contributed by atoms with Crippen LogP contribution in [-0.2, 0) is 21.2 Å².